The first-order valence-electron chi connectivity index (χ1n) is 4.54. The van der Waals surface area contributed by atoms with Crippen LogP contribution in [-0.2, 0) is 9.53 Å². The Morgan fingerprint density at radius 3 is 3.00 bits per heavy atom. The van der Waals surface area contributed by atoms with Crippen molar-refractivity contribution < 1.29 is 9.53 Å². The predicted molar refractivity (Wildman–Crippen MR) is 48.1 cm³/mol. The van der Waals surface area contributed by atoms with E-state index in [2.05, 4.69) is 6.08 Å². The van der Waals surface area contributed by atoms with Crippen LogP contribution in [0.2, 0.25) is 0 Å². The van der Waals surface area contributed by atoms with E-state index < -0.39 is 0 Å². The molecular weight excluding hydrogens is 152 g/mol. The van der Waals surface area contributed by atoms with Gasteiger partial charge in [-0.25, -0.2) is 0 Å². The fourth-order valence-corrected chi connectivity index (χ4v) is 1.36. The molecule has 0 aromatic carbocycles. The molecule has 0 fully saturated rings. The van der Waals surface area contributed by atoms with Gasteiger partial charge in [0.25, 0.3) is 0 Å². The molecule has 0 atom stereocenters. The van der Waals surface area contributed by atoms with Crippen molar-refractivity contribution in [1.29, 1.82) is 0 Å². The lowest BCUT2D eigenvalue weighted by molar-refractivity contribution is -0.121. The van der Waals surface area contributed by atoms with Crippen molar-refractivity contribution >= 4 is 5.78 Å². The standard InChI is InChI=1S/C10H16O2/c1-9(11)7-12-8-10-5-3-2-4-6-10/h5H,2-4,6-8H2,1H3. The van der Waals surface area contributed by atoms with Gasteiger partial charge in [0, 0.05) is 0 Å². The summed E-state index contributed by atoms with van der Waals surface area (Å²) in [5.74, 6) is 0.103. The van der Waals surface area contributed by atoms with Crippen molar-refractivity contribution in [3.63, 3.8) is 0 Å². The Morgan fingerprint density at radius 2 is 2.42 bits per heavy atom. The molecule has 0 aromatic rings. The summed E-state index contributed by atoms with van der Waals surface area (Å²) >= 11 is 0. The van der Waals surface area contributed by atoms with Gasteiger partial charge in [0.15, 0.2) is 5.78 Å². The third-order valence-corrected chi connectivity index (χ3v) is 1.98. The number of hydrogen-bond donors (Lipinski definition) is 0. The number of carbonyl (C=O) groups excluding carboxylic acids is 1. The molecule has 12 heavy (non-hydrogen) atoms. The molecule has 1 rings (SSSR count). The highest BCUT2D eigenvalue weighted by atomic mass is 16.5. The molecule has 68 valence electrons. The average Bonchev–Trinajstić information content (AvgIpc) is 2.05. The number of carbonyl (C=O) groups is 1. The molecule has 0 saturated carbocycles. The Labute approximate surface area is 73.6 Å². The Hall–Kier alpha value is -0.630. The summed E-state index contributed by atoms with van der Waals surface area (Å²) in [6.45, 7) is 2.46. The summed E-state index contributed by atoms with van der Waals surface area (Å²) < 4.78 is 5.22. The zero-order valence-corrected chi connectivity index (χ0v) is 7.64. The molecule has 0 aliphatic heterocycles. The van der Waals surface area contributed by atoms with Crippen molar-refractivity contribution in [3.8, 4) is 0 Å². The minimum Gasteiger partial charge on any atom is -0.369 e. The number of rotatable bonds is 4. The molecule has 2 heteroatoms. The molecule has 2 nitrogen and oxygen atoms in total. The van der Waals surface area contributed by atoms with Crippen LogP contribution in [0.5, 0.6) is 0 Å². The number of Topliss-reactive ketones (excluding diaryl/α,β-unsaturated/α-hetero) is 1. The number of ether oxygens (including phenoxy) is 1. The monoisotopic (exact) mass is 168 g/mol. The summed E-state index contributed by atoms with van der Waals surface area (Å²) in [6, 6.07) is 0. The quantitative estimate of drug-likeness (QED) is 0.601. The normalized spacial score (nSPS) is 17.2. The fraction of sp³-hybridized carbons (Fsp3) is 0.700. The maximum Gasteiger partial charge on any atom is 0.155 e. The number of hydrogen-bond acceptors (Lipinski definition) is 2. The van der Waals surface area contributed by atoms with E-state index >= 15 is 0 Å². The fourth-order valence-electron chi connectivity index (χ4n) is 1.36. The van der Waals surface area contributed by atoms with Gasteiger partial charge in [-0.1, -0.05) is 6.08 Å². The van der Waals surface area contributed by atoms with Crippen LogP contribution in [-0.4, -0.2) is 19.0 Å². The van der Waals surface area contributed by atoms with Crippen LogP contribution < -0.4 is 0 Å². The molecule has 0 spiro atoms. The van der Waals surface area contributed by atoms with Crippen LogP contribution in [0.15, 0.2) is 11.6 Å². The van der Waals surface area contributed by atoms with E-state index in [1.165, 1.54) is 24.8 Å². The van der Waals surface area contributed by atoms with Gasteiger partial charge in [0.2, 0.25) is 0 Å². The number of allylic oxidation sites excluding steroid dienone is 1. The van der Waals surface area contributed by atoms with Crippen molar-refractivity contribution in [3.05, 3.63) is 11.6 Å². The molecule has 0 amide bonds. The third-order valence-electron chi connectivity index (χ3n) is 1.98. The van der Waals surface area contributed by atoms with Crippen LogP contribution in [0.1, 0.15) is 32.6 Å². The Bertz CT molecular complexity index is 182. The maximum absolute atomic E-state index is 10.5. The lowest BCUT2D eigenvalue weighted by atomic mass is 10.0. The van der Waals surface area contributed by atoms with Crippen LogP contribution in [0.25, 0.3) is 0 Å². The molecule has 0 saturated heterocycles. The van der Waals surface area contributed by atoms with Gasteiger partial charge in [0.05, 0.1) is 6.61 Å². The third kappa shape index (κ3) is 3.67. The molecule has 0 radical (unpaired) electrons. The minimum absolute atomic E-state index is 0.103. The molecule has 1 aliphatic rings. The second-order valence-corrected chi connectivity index (χ2v) is 3.30. The first-order valence-corrected chi connectivity index (χ1v) is 4.54. The second-order valence-electron chi connectivity index (χ2n) is 3.30. The zero-order valence-electron chi connectivity index (χ0n) is 7.64. The molecule has 0 bridgehead atoms. The molecule has 0 aromatic heterocycles. The number of ketones is 1. The summed E-state index contributed by atoms with van der Waals surface area (Å²) in [7, 11) is 0. The van der Waals surface area contributed by atoms with Gasteiger partial charge in [-0.05, 0) is 38.2 Å². The van der Waals surface area contributed by atoms with Gasteiger partial charge in [0.1, 0.15) is 6.61 Å². The minimum atomic E-state index is 0.103. The van der Waals surface area contributed by atoms with Crippen LogP contribution in [0, 0.1) is 0 Å². The van der Waals surface area contributed by atoms with E-state index in [4.69, 9.17) is 4.74 Å². The van der Waals surface area contributed by atoms with E-state index in [0.29, 0.717) is 6.61 Å². The Morgan fingerprint density at radius 1 is 1.58 bits per heavy atom. The largest absolute Gasteiger partial charge is 0.369 e. The van der Waals surface area contributed by atoms with E-state index in [1.807, 2.05) is 0 Å². The van der Waals surface area contributed by atoms with Crippen LogP contribution in [0.3, 0.4) is 0 Å². The van der Waals surface area contributed by atoms with Crippen molar-refractivity contribution in [2.24, 2.45) is 0 Å². The summed E-state index contributed by atoms with van der Waals surface area (Å²) in [5.41, 5.74) is 1.36. The lowest BCUT2D eigenvalue weighted by Gasteiger charge is -2.11. The van der Waals surface area contributed by atoms with Gasteiger partial charge >= 0.3 is 0 Å². The second kappa shape index (κ2) is 5.09. The molecule has 0 N–H and O–H groups in total. The summed E-state index contributed by atoms with van der Waals surface area (Å²) in [5, 5.41) is 0. The molecule has 1 aliphatic carbocycles. The molecular formula is C10H16O2. The summed E-state index contributed by atoms with van der Waals surface area (Å²) in [4.78, 5) is 10.5. The molecule has 0 heterocycles. The highest BCUT2D eigenvalue weighted by molar-refractivity contribution is 5.76. The zero-order chi connectivity index (χ0) is 8.81. The van der Waals surface area contributed by atoms with Gasteiger partial charge < -0.3 is 4.74 Å². The Kier molecular flexibility index (Phi) is 4.01. The van der Waals surface area contributed by atoms with E-state index in [-0.39, 0.29) is 12.4 Å². The van der Waals surface area contributed by atoms with E-state index in [9.17, 15) is 4.79 Å². The SMILES string of the molecule is CC(=O)COCC1=CCCCC1. The van der Waals surface area contributed by atoms with Gasteiger partial charge in [-0.15, -0.1) is 0 Å². The highest BCUT2D eigenvalue weighted by Gasteiger charge is 2.03. The van der Waals surface area contributed by atoms with E-state index in [0.717, 1.165) is 6.42 Å². The maximum atomic E-state index is 10.5. The highest BCUT2D eigenvalue weighted by Crippen LogP contribution is 2.16. The predicted octanol–water partition coefficient (Wildman–Crippen LogP) is 2.09. The average molecular weight is 168 g/mol. The van der Waals surface area contributed by atoms with Crippen LogP contribution in [0.4, 0.5) is 0 Å². The smallest absolute Gasteiger partial charge is 0.155 e. The first kappa shape index (κ1) is 9.46. The van der Waals surface area contributed by atoms with Gasteiger partial charge in [-0.3, -0.25) is 4.79 Å². The van der Waals surface area contributed by atoms with Crippen molar-refractivity contribution in [2.45, 2.75) is 32.6 Å². The molecule has 0 unspecified atom stereocenters. The first-order chi connectivity index (χ1) is 5.79. The lowest BCUT2D eigenvalue weighted by Crippen LogP contribution is -2.07. The Balaban J connectivity index is 2.13. The topological polar surface area (TPSA) is 26.3 Å². The summed E-state index contributed by atoms with van der Waals surface area (Å²) in [6.07, 6.45) is 7.14. The van der Waals surface area contributed by atoms with Crippen molar-refractivity contribution in [2.75, 3.05) is 13.2 Å². The van der Waals surface area contributed by atoms with Gasteiger partial charge in [-0.2, -0.15) is 0 Å². The van der Waals surface area contributed by atoms with Crippen molar-refractivity contribution in [1.82, 2.24) is 0 Å². The van der Waals surface area contributed by atoms with E-state index in [1.54, 1.807) is 6.92 Å². The van der Waals surface area contributed by atoms with Crippen LogP contribution >= 0.6 is 0 Å².